The average Bonchev–Trinajstić information content (AvgIpc) is 3.37. The number of thioether (sulfide) groups is 1. The molecular formula is C26H21N5O2S2. The van der Waals surface area contributed by atoms with E-state index in [-0.39, 0.29) is 11.5 Å². The van der Waals surface area contributed by atoms with Crippen molar-refractivity contribution in [3.63, 3.8) is 0 Å². The molecule has 2 heterocycles. The van der Waals surface area contributed by atoms with Crippen LogP contribution in [0, 0.1) is 6.92 Å². The molecule has 5 aromatic rings. The molecule has 0 unspecified atom stereocenters. The van der Waals surface area contributed by atoms with E-state index in [0.717, 1.165) is 16.8 Å². The summed E-state index contributed by atoms with van der Waals surface area (Å²) in [5.74, 6) is 0.170. The molecule has 2 aromatic heterocycles. The van der Waals surface area contributed by atoms with Crippen LogP contribution in [0.1, 0.15) is 25.9 Å². The fourth-order valence-electron chi connectivity index (χ4n) is 3.62. The van der Waals surface area contributed by atoms with Crippen molar-refractivity contribution in [3.8, 4) is 5.69 Å². The Morgan fingerprint density at radius 3 is 2.54 bits per heavy atom. The van der Waals surface area contributed by atoms with Gasteiger partial charge in [0.2, 0.25) is 5.01 Å². The third-order valence-corrected chi connectivity index (χ3v) is 7.44. The number of rotatable bonds is 7. The summed E-state index contributed by atoms with van der Waals surface area (Å²) >= 11 is 2.63. The van der Waals surface area contributed by atoms with E-state index in [9.17, 15) is 9.59 Å². The Hall–Kier alpha value is -3.82. The van der Waals surface area contributed by atoms with Gasteiger partial charge in [-0.25, -0.2) is 4.98 Å². The number of aromatic nitrogens is 4. The van der Waals surface area contributed by atoms with Crippen LogP contribution in [0.3, 0.4) is 0 Å². The van der Waals surface area contributed by atoms with E-state index in [1.165, 1.54) is 23.1 Å². The number of nitrogens with one attached hydrogen (secondary N) is 1. The van der Waals surface area contributed by atoms with Crippen LogP contribution in [-0.2, 0) is 12.3 Å². The van der Waals surface area contributed by atoms with Crippen LogP contribution in [0.15, 0.2) is 88.8 Å². The summed E-state index contributed by atoms with van der Waals surface area (Å²) in [6.45, 7) is 2.39. The maximum Gasteiger partial charge on any atom is 0.282 e. The number of amides is 1. The van der Waals surface area contributed by atoms with Gasteiger partial charge >= 0.3 is 0 Å². The summed E-state index contributed by atoms with van der Waals surface area (Å²) in [4.78, 5) is 30.7. The van der Waals surface area contributed by atoms with E-state index < -0.39 is 0 Å². The Balaban J connectivity index is 1.38. The lowest BCUT2D eigenvalue weighted by Gasteiger charge is -2.14. The Kier molecular flexibility index (Phi) is 6.69. The number of aryl methyl sites for hydroxylation is 1. The third-order valence-electron chi connectivity index (χ3n) is 5.38. The van der Waals surface area contributed by atoms with Gasteiger partial charge in [-0.3, -0.25) is 14.2 Å². The molecule has 1 N–H and O–H groups in total. The molecule has 35 heavy (non-hydrogen) atoms. The first-order valence-corrected chi connectivity index (χ1v) is 12.8. The van der Waals surface area contributed by atoms with Crippen LogP contribution in [0.4, 0.5) is 0 Å². The predicted octanol–water partition coefficient (Wildman–Crippen LogP) is 4.77. The Morgan fingerprint density at radius 2 is 1.71 bits per heavy atom. The summed E-state index contributed by atoms with van der Waals surface area (Å²) in [6, 6.07) is 24.8. The smallest absolute Gasteiger partial charge is 0.282 e. The van der Waals surface area contributed by atoms with E-state index in [1.807, 2.05) is 79.7 Å². The zero-order valence-electron chi connectivity index (χ0n) is 18.8. The summed E-state index contributed by atoms with van der Waals surface area (Å²) in [7, 11) is 0. The Bertz CT molecular complexity index is 1560. The highest BCUT2D eigenvalue weighted by Crippen LogP contribution is 2.27. The fraction of sp³-hybridized carbons (Fsp3) is 0.115. The van der Waals surface area contributed by atoms with Crippen molar-refractivity contribution in [1.82, 2.24) is 25.1 Å². The number of carbonyl (C=O) groups excluding carboxylic acids is 1. The van der Waals surface area contributed by atoms with E-state index in [4.69, 9.17) is 4.98 Å². The molecular weight excluding hydrogens is 478 g/mol. The van der Waals surface area contributed by atoms with Crippen LogP contribution in [0.5, 0.6) is 0 Å². The highest BCUT2D eigenvalue weighted by molar-refractivity contribution is 7.98. The minimum absolute atomic E-state index is 0.120. The topological polar surface area (TPSA) is 89.8 Å². The first kappa shape index (κ1) is 22.9. The van der Waals surface area contributed by atoms with Gasteiger partial charge in [-0.05, 0) is 36.2 Å². The highest BCUT2D eigenvalue weighted by Gasteiger charge is 2.17. The molecule has 0 saturated heterocycles. The number of carbonyl (C=O) groups is 1. The standard InChI is InChI=1S/C26H21N5O2S2/c1-17-9-5-8-14-21(17)31-25(33)19-12-6-7-13-20(19)28-26(31)34-16-22-29-30-24(35-22)23(32)27-15-18-10-3-2-4-11-18/h2-14H,15-16H2,1H3,(H,27,32). The van der Waals surface area contributed by atoms with Gasteiger partial charge in [0.05, 0.1) is 22.3 Å². The fourth-order valence-corrected chi connectivity index (χ4v) is 5.37. The maximum absolute atomic E-state index is 13.4. The molecule has 3 aromatic carbocycles. The van der Waals surface area contributed by atoms with Gasteiger partial charge in [-0.1, -0.05) is 83.8 Å². The van der Waals surface area contributed by atoms with Crippen molar-refractivity contribution in [2.75, 3.05) is 0 Å². The summed E-state index contributed by atoms with van der Waals surface area (Å²) in [5.41, 5.74) is 3.30. The van der Waals surface area contributed by atoms with Gasteiger partial charge in [0.1, 0.15) is 5.01 Å². The summed E-state index contributed by atoms with van der Waals surface area (Å²) < 4.78 is 1.65. The molecule has 174 valence electrons. The van der Waals surface area contributed by atoms with E-state index in [2.05, 4.69) is 15.5 Å². The second-order valence-electron chi connectivity index (χ2n) is 7.80. The van der Waals surface area contributed by atoms with Gasteiger partial charge in [-0.15, -0.1) is 10.2 Å². The minimum atomic E-state index is -0.261. The molecule has 0 atom stereocenters. The molecule has 0 radical (unpaired) electrons. The number of para-hydroxylation sites is 2. The molecule has 0 fully saturated rings. The molecule has 7 nitrogen and oxygen atoms in total. The van der Waals surface area contributed by atoms with Crippen LogP contribution in [0.25, 0.3) is 16.6 Å². The molecule has 0 spiro atoms. The molecule has 0 saturated carbocycles. The van der Waals surface area contributed by atoms with Gasteiger partial charge in [-0.2, -0.15) is 0 Å². The van der Waals surface area contributed by atoms with Crippen molar-refractivity contribution < 1.29 is 4.79 Å². The summed E-state index contributed by atoms with van der Waals surface area (Å²) in [5, 5.41) is 13.2. The van der Waals surface area contributed by atoms with Crippen molar-refractivity contribution in [2.45, 2.75) is 24.4 Å². The normalized spacial score (nSPS) is 11.0. The largest absolute Gasteiger partial charge is 0.346 e. The lowest BCUT2D eigenvalue weighted by molar-refractivity contribution is 0.0950. The minimum Gasteiger partial charge on any atom is -0.346 e. The first-order valence-electron chi connectivity index (χ1n) is 11.0. The second-order valence-corrected chi connectivity index (χ2v) is 9.80. The molecule has 0 aliphatic heterocycles. The quantitative estimate of drug-likeness (QED) is 0.256. The predicted molar refractivity (Wildman–Crippen MR) is 139 cm³/mol. The molecule has 5 rings (SSSR count). The average molecular weight is 500 g/mol. The lowest BCUT2D eigenvalue weighted by atomic mass is 10.2. The van der Waals surface area contributed by atoms with Gasteiger partial charge in [0.15, 0.2) is 5.16 Å². The monoisotopic (exact) mass is 499 g/mol. The van der Waals surface area contributed by atoms with Gasteiger partial charge in [0.25, 0.3) is 11.5 Å². The van der Waals surface area contributed by atoms with Crippen molar-refractivity contribution in [2.24, 2.45) is 0 Å². The van der Waals surface area contributed by atoms with E-state index >= 15 is 0 Å². The zero-order chi connectivity index (χ0) is 24.2. The molecule has 0 aliphatic rings. The Morgan fingerprint density at radius 1 is 0.971 bits per heavy atom. The molecule has 1 amide bonds. The van der Waals surface area contributed by atoms with Crippen LogP contribution >= 0.6 is 23.1 Å². The first-order chi connectivity index (χ1) is 17.1. The number of benzene rings is 3. The summed E-state index contributed by atoms with van der Waals surface area (Å²) in [6.07, 6.45) is 0. The number of nitrogens with zero attached hydrogens (tertiary/aromatic N) is 4. The van der Waals surface area contributed by atoms with Crippen LogP contribution in [0.2, 0.25) is 0 Å². The SMILES string of the molecule is Cc1ccccc1-n1c(SCc2nnc(C(=O)NCc3ccccc3)s2)nc2ccccc2c1=O. The van der Waals surface area contributed by atoms with Gasteiger partial charge < -0.3 is 5.32 Å². The number of fused-ring (bicyclic) bond motifs is 1. The maximum atomic E-state index is 13.4. The van der Waals surface area contributed by atoms with Crippen molar-refractivity contribution >= 4 is 39.9 Å². The van der Waals surface area contributed by atoms with Crippen LogP contribution < -0.4 is 10.9 Å². The van der Waals surface area contributed by atoms with Gasteiger partial charge in [0, 0.05) is 6.54 Å². The van der Waals surface area contributed by atoms with E-state index in [0.29, 0.717) is 38.4 Å². The van der Waals surface area contributed by atoms with E-state index in [1.54, 1.807) is 10.6 Å². The number of hydrogen-bond acceptors (Lipinski definition) is 7. The third kappa shape index (κ3) is 5.01. The highest BCUT2D eigenvalue weighted by atomic mass is 32.2. The molecule has 9 heteroatoms. The van der Waals surface area contributed by atoms with Crippen molar-refractivity contribution in [3.05, 3.63) is 110 Å². The van der Waals surface area contributed by atoms with Crippen LogP contribution in [-0.4, -0.2) is 25.7 Å². The number of hydrogen-bond donors (Lipinski definition) is 1. The zero-order valence-corrected chi connectivity index (χ0v) is 20.5. The van der Waals surface area contributed by atoms with Crippen molar-refractivity contribution in [1.29, 1.82) is 0 Å². The molecule has 0 aliphatic carbocycles. The second kappa shape index (κ2) is 10.2. The Labute approximate surface area is 209 Å². The molecule has 0 bridgehead atoms. The lowest BCUT2D eigenvalue weighted by Crippen LogP contribution is -2.22.